The zero-order chi connectivity index (χ0) is 14.1. The predicted octanol–water partition coefficient (Wildman–Crippen LogP) is 2.55. The second kappa shape index (κ2) is 4.65. The van der Waals surface area contributed by atoms with E-state index in [1.165, 1.54) is 16.7 Å². The summed E-state index contributed by atoms with van der Waals surface area (Å²) in [6, 6.07) is 13.3. The number of para-hydroxylation sites is 2. The minimum atomic E-state index is -0.474. The van der Waals surface area contributed by atoms with Crippen LogP contribution in [0, 0.1) is 10.1 Å². The summed E-state index contributed by atoms with van der Waals surface area (Å²) in [5.41, 5.74) is 1.85. The van der Waals surface area contributed by atoms with E-state index >= 15 is 0 Å². The number of rotatable bonds is 3. The van der Waals surface area contributed by atoms with Gasteiger partial charge < -0.3 is 4.42 Å². The van der Waals surface area contributed by atoms with E-state index in [9.17, 15) is 14.9 Å². The van der Waals surface area contributed by atoms with Crippen LogP contribution in [0.25, 0.3) is 11.1 Å². The first kappa shape index (κ1) is 12.2. The molecule has 0 spiro atoms. The molecule has 0 saturated carbocycles. The minimum Gasteiger partial charge on any atom is -0.408 e. The Kier molecular flexibility index (Phi) is 2.83. The molecule has 0 aliphatic heterocycles. The maximum absolute atomic E-state index is 11.8. The van der Waals surface area contributed by atoms with Gasteiger partial charge in [0.1, 0.15) is 0 Å². The molecular formula is C14H10N2O4. The van der Waals surface area contributed by atoms with E-state index in [0.29, 0.717) is 16.7 Å². The first-order chi connectivity index (χ1) is 9.65. The zero-order valence-corrected chi connectivity index (χ0v) is 10.4. The fraction of sp³-hybridized carbons (Fsp3) is 0.0714. The van der Waals surface area contributed by atoms with Gasteiger partial charge in [0.05, 0.1) is 17.0 Å². The fourth-order valence-corrected chi connectivity index (χ4v) is 2.11. The molecule has 1 heterocycles. The van der Waals surface area contributed by atoms with Gasteiger partial charge in [0.15, 0.2) is 5.58 Å². The fourth-order valence-electron chi connectivity index (χ4n) is 2.11. The summed E-state index contributed by atoms with van der Waals surface area (Å²) in [5, 5.41) is 10.8. The third-order valence-corrected chi connectivity index (χ3v) is 3.04. The van der Waals surface area contributed by atoms with Crippen LogP contribution in [0.4, 0.5) is 5.69 Å². The van der Waals surface area contributed by atoms with Crippen molar-refractivity contribution in [2.45, 2.75) is 6.54 Å². The van der Waals surface area contributed by atoms with E-state index in [1.54, 1.807) is 36.4 Å². The molecule has 0 bridgehead atoms. The highest BCUT2D eigenvalue weighted by atomic mass is 16.6. The van der Waals surface area contributed by atoms with Crippen molar-refractivity contribution in [3.63, 3.8) is 0 Å². The van der Waals surface area contributed by atoms with Gasteiger partial charge in [-0.2, -0.15) is 0 Å². The Morgan fingerprint density at radius 2 is 1.95 bits per heavy atom. The van der Waals surface area contributed by atoms with Crippen LogP contribution < -0.4 is 5.76 Å². The molecule has 0 fully saturated rings. The van der Waals surface area contributed by atoms with Crippen LogP contribution in [0.5, 0.6) is 0 Å². The molecule has 6 heteroatoms. The van der Waals surface area contributed by atoms with E-state index in [2.05, 4.69) is 0 Å². The number of hydrogen-bond acceptors (Lipinski definition) is 4. The van der Waals surface area contributed by atoms with Crippen LogP contribution in [-0.2, 0) is 6.54 Å². The molecule has 3 rings (SSSR count). The highest BCUT2D eigenvalue weighted by Gasteiger charge is 2.11. The molecule has 0 saturated heterocycles. The van der Waals surface area contributed by atoms with E-state index in [-0.39, 0.29) is 12.2 Å². The van der Waals surface area contributed by atoms with Crippen molar-refractivity contribution in [2.75, 3.05) is 0 Å². The number of fused-ring (bicyclic) bond motifs is 1. The molecule has 0 atom stereocenters. The Labute approximate surface area is 113 Å². The molecular weight excluding hydrogens is 260 g/mol. The van der Waals surface area contributed by atoms with E-state index < -0.39 is 10.7 Å². The van der Waals surface area contributed by atoms with Gasteiger partial charge in [-0.25, -0.2) is 4.79 Å². The summed E-state index contributed by atoms with van der Waals surface area (Å²) < 4.78 is 6.58. The molecule has 0 unspecified atom stereocenters. The zero-order valence-electron chi connectivity index (χ0n) is 10.4. The molecule has 0 N–H and O–H groups in total. The third-order valence-electron chi connectivity index (χ3n) is 3.04. The largest absolute Gasteiger partial charge is 0.420 e. The molecule has 0 radical (unpaired) electrons. The highest BCUT2D eigenvalue weighted by Crippen LogP contribution is 2.17. The molecule has 1 aromatic heterocycles. The van der Waals surface area contributed by atoms with Gasteiger partial charge in [-0.1, -0.05) is 24.3 Å². The normalized spacial score (nSPS) is 10.8. The Morgan fingerprint density at radius 1 is 1.15 bits per heavy atom. The van der Waals surface area contributed by atoms with Crippen LogP contribution in [0.3, 0.4) is 0 Å². The smallest absolute Gasteiger partial charge is 0.408 e. The molecule has 0 aliphatic rings. The molecule has 100 valence electrons. The van der Waals surface area contributed by atoms with Gasteiger partial charge in [0.2, 0.25) is 0 Å². The molecule has 20 heavy (non-hydrogen) atoms. The Morgan fingerprint density at radius 3 is 2.75 bits per heavy atom. The first-order valence-corrected chi connectivity index (χ1v) is 5.97. The lowest BCUT2D eigenvalue weighted by Crippen LogP contribution is -2.14. The molecule has 3 aromatic rings. The number of hydrogen-bond donors (Lipinski definition) is 0. The number of oxazole rings is 1. The van der Waals surface area contributed by atoms with Gasteiger partial charge in [0.25, 0.3) is 5.69 Å². The van der Waals surface area contributed by atoms with Crippen molar-refractivity contribution >= 4 is 16.8 Å². The van der Waals surface area contributed by atoms with Crippen molar-refractivity contribution in [1.82, 2.24) is 4.57 Å². The third kappa shape index (κ3) is 2.07. The number of nitro benzene ring substituents is 1. The molecule has 0 aliphatic carbocycles. The number of aromatic nitrogens is 1. The first-order valence-electron chi connectivity index (χ1n) is 5.97. The number of benzene rings is 2. The van der Waals surface area contributed by atoms with Crippen molar-refractivity contribution < 1.29 is 9.34 Å². The topological polar surface area (TPSA) is 78.3 Å². The van der Waals surface area contributed by atoms with Crippen molar-refractivity contribution in [1.29, 1.82) is 0 Å². The van der Waals surface area contributed by atoms with Crippen LogP contribution in [0.2, 0.25) is 0 Å². The lowest BCUT2D eigenvalue weighted by molar-refractivity contribution is -0.384. The standard InChI is InChI=1S/C14H10N2O4/c17-14-15(12-6-1-2-7-13(12)20-14)9-10-4-3-5-11(8-10)16(18)19/h1-8H,9H2. The summed E-state index contributed by atoms with van der Waals surface area (Å²) in [6.07, 6.45) is 0. The summed E-state index contributed by atoms with van der Waals surface area (Å²) in [7, 11) is 0. The van der Waals surface area contributed by atoms with Crippen LogP contribution in [0.1, 0.15) is 5.56 Å². The lowest BCUT2D eigenvalue weighted by Gasteiger charge is -2.02. The SMILES string of the molecule is O=c1oc2ccccc2n1Cc1cccc([N+](=O)[O-])c1. The van der Waals surface area contributed by atoms with Gasteiger partial charge >= 0.3 is 5.76 Å². The summed E-state index contributed by atoms with van der Waals surface area (Å²) in [4.78, 5) is 22.1. The van der Waals surface area contributed by atoms with Gasteiger partial charge in [-0.05, 0) is 17.7 Å². The quantitative estimate of drug-likeness (QED) is 0.541. The Hall–Kier alpha value is -2.89. The second-order valence-electron chi connectivity index (χ2n) is 4.35. The minimum absolute atomic E-state index is 0.00310. The van der Waals surface area contributed by atoms with Crippen LogP contribution in [0.15, 0.2) is 57.7 Å². The van der Waals surface area contributed by atoms with Crippen LogP contribution >= 0.6 is 0 Å². The van der Waals surface area contributed by atoms with Gasteiger partial charge in [-0.3, -0.25) is 14.7 Å². The molecule has 2 aromatic carbocycles. The van der Waals surface area contributed by atoms with E-state index in [1.807, 2.05) is 0 Å². The van der Waals surface area contributed by atoms with Gasteiger partial charge in [-0.15, -0.1) is 0 Å². The number of nitro groups is 1. The van der Waals surface area contributed by atoms with E-state index in [4.69, 9.17) is 4.42 Å². The summed E-state index contributed by atoms with van der Waals surface area (Å²) in [5.74, 6) is -0.474. The van der Waals surface area contributed by atoms with Crippen molar-refractivity contribution in [2.24, 2.45) is 0 Å². The summed E-state index contributed by atoms with van der Waals surface area (Å²) >= 11 is 0. The average molecular weight is 270 g/mol. The summed E-state index contributed by atoms with van der Waals surface area (Å²) in [6.45, 7) is 0.234. The Bertz CT molecular complexity index is 848. The Balaban J connectivity index is 2.05. The molecule has 0 amide bonds. The monoisotopic (exact) mass is 270 g/mol. The number of non-ortho nitro benzene ring substituents is 1. The predicted molar refractivity (Wildman–Crippen MR) is 72.7 cm³/mol. The van der Waals surface area contributed by atoms with Crippen LogP contribution in [-0.4, -0.2) is 9.49 Å². The maximum atomic E-state index is 11.8. The lowest BCUT2D eigenvalue weighted by atomic mass is 10.2. The molecule has 6 nitrogen and oxygen atoms in total. The van der Waals surface area contributed by atoms with E-state index in [0.717, 1.165) is 0 Å². The van der Waals surface area contributed by atoms with Gasteiger partial charge in [0, 0.05) is 12.1 Å². The van der Waals surface area contributed by atoms with Crippen molar-refractivity contribution in [3.05, 3.63) is 74.8 Å². The second-order valence-corrected chi connectivity index (χ2v) is 4.35. The highest BCUT2D eigenvalue weighted by molar-refractivity contribution is 5.72. The van der Waals surface area contributed by atoms with Crippen molar-refractivity contribution in [3.8, 4) is 0 Å². The maximum Gasteiger partial charge on any atom is 0.420 e. The average Bonchev–Trinajstić information content (AvgIpc) is 2.76. The number of nitrogens with zero attached hydrogens (tertiary/aromatic N) is 2.